The third-order valence-electron chi connectivity index (χ3n) is 3.21. The van der Waals surface area contributed by atoms with Crippen LogP contribution in [0.3, 0.4) is 0 Å². The van der Waals surface area contributed by atoms with Gasteiger partial charge in [-0.2, -0.15) is 5.10 Å². The van der Waals surface area contributed by atoms with Crippen LogP contribution in [-0.4, -0.2) is 31.9 Å². The Kier molecular flexibility index (Phi) is 2.89. The minimum atomic E-state index is -1.19. The summed E-state index contributed by atoms with van der Waals surface area (Å²) in [5, 5.41) is 13.6. The summed E-state index contributed by atoms with van der Waals surface area (Å²) in [6.45, 7) is 2.40. The van der Waals surface area contributed by atoms with Gasteiger partial charge in [0.25, 0.3) is 0 Å². The number of carboxylic acid groups (broad SMARTS) is 1. The topological polar surface area (TPSA) is 77.2 Å². The molecule has 1 N–H and O–H groups in total. The second-order valence-corrected chi connectivity index (χ2v) is 4.63. The van der Waals surface area contributed by atoms with Crippen LogP contribution in [0.25, 0.3) is 11.3 Å². The van der Waals surface area contributed by atoms with E-state index in [0.29, 0.717) is 6.54 Å². The summed E-state index contributed by atoms with van der Waals surface area (Å²) in [5.74, 6) is -1.62. The number of carboxylic acids is 1. The molecule has 1 aliphatic rings. The number of hydrogen-bond acceptors (Lipinski definition) is 4. The molecular weight excluding hydrogens is 265 g/mol. The van der Waals surface area contributed by atoms with Gasteiger partial charge in [-0.05, 0) is 13.0 Å². The highest BCUT2D eigenvalue weighted by atomic mass is 19.1. The first-order chi connectivity index (χ1) is 9.58. The summed E-state index contributed by atoms with van der Waals surface area (Å²) >= 11 is 0. The van der Waals surface area contributed by atoms with Gasteiger partial charge in [-0.15, -0.1) is 0 Å². The number of nitrogens with zero attached hydrogens (tertiary/aromatic N) is 3. The van der Waals surface area contributed by atoms with Crippen molar-refractivity contribution in [3.8, 4) is 17.1 Å². The third-order valence-corrected chi connectivity index (χ3v) is 3.21. The van der Waals surface area contributed by atoms with Crippen molar-refractivity contribution in [1.29, 1.82) is 0 Å². The summed E-state index contributed by atoms with van der Waals surface area (Å²) in [4.78, 5) is 15.1. The van der Waals surface area contributed by atoms with Gasteiger partial charge in [-0.25, -0.2) is 13.9 Å². The molecule has 0 saturated heterocycles. The zero-order chi connectivity index (χ0) is 14.3. The highest BCUT2D eigenvalue weighted by Gasteiger charge is 2.30. The molecule has 0 amide bonds. The molecule has 1 atom stereocenters. The molecule has 3 heterocycles. The SMILES string of the molecule is C[C@H]1CCn2nc(-c3ccncc3F)c(C(=O)O)c2O1. The second-order valence-electron chi connectivity index (χ2n) is 4.63. The van der Waals surface area contributed by atoms with Gasteiger partial charge in [0.15, 0.2) is 5.82 Å². The number of hydrogen-bond donors (Lipinski definition) is 1. The van der Waals surface area contributed by atoms with Crippen molar-refractivity contribution in [2.75, 3.05) is 0 Å². The molecule has 7 heteroatoms. The monoisotopic (exact) mass is 277 g/mol. The van der Waals surface area contributed by atoms with E-state index in [2.05, 4.69) is 10.1 Å². The van der Waals surface area contributed by atoms with Gasteiger partial charge in [0, 0.05) is 24.7 Å². The standard InChI is InChI=1S/C13H12FN3O3/c1-7-3-5-17-12(20-7)10(13(18)19)11(16-17)8-2-4-15-6-9(8)14/h2,4,6-7H,3,5H2,1H3,(H,18,19)/t7-/m0/s1. The van der Waals surface area contributed by atoms with E-state index in [1.807, 2.05) is 6.92 Å². The number of ether oxygens (including phenoxy) is 1. The lowest BCUT2D eigenvalue weighted by Crippen LogP contribution is -2.24. The lowest BCUT2D eigenvalue weighted by Gasteiger charge is -2.21. The summed E-state index contributed by atoms with van der Waals surface area (Å²) in [7, 11) is 0. The molecule has 3 rings (SSSR count). The number of halogens is 1. The summed E-state index contributed by atoms with van der Waals surface area (Å²) in [6.07, 6.45) is 3.06. The summed E-state index contributed by atoms with van der Waals surface area (Å²) < 4.78 is 20.8. The van der Waals surface area contributed by atoms with E-state index in [1.54, 1.807) is 0 Å². The molecule has 0 fully saturated rings. The Labute approximate surface area is 113 Å². The van der Waals surface area contributed by atoms with Crippen LogP contribution in [-0.2, 0) is 6.54 Å². The van der Waals surface area contributed by atoms with Crippen molar-refractivity contribution in [3.05, 3.63) is 29.8 Å². The lowest BCUT2D eigenvalue weighted by atomic mass is 10.1. The molecule has 6 nitrogen and oxygen atoms in total. The molecule has 0 unspecified atom stereocenters. The Balaban J connectivity index is 2.22. The van der Waals surface area contributed by atoms with Gasteiger partial charge < -0.3 is 9.84 Å². The van der Waals surface area contributed by atoms with Crippen molar-refractivity contribution in [3.63, 3.8) is 0 Å². The predicted octanol–water partition coefficient (Wildman–Crippen LogP) is 1.95. The Bertz CT molecular complexity index is 683. The van der Waals surface area contributed by atoms with E-state index in [4.69, 9.17) is 4.74 Å². The smallest absolute Gasteiger partial charge is 0.343 e. The van der Waals surface area contributed by atoms with Crippen LogP contribution in [0.4, 0.5) is 4.39 Å². The minimum Gasteiger partial charge on any atom is -0.477 e. The van der Waals surface area contributed by atoms with Crippen molar-refractivity contribution >= 4 is 5.97 Å². The number of carbonyl (C=O) groups is 1. The number of aromatic carboxylic acids is 1. The molecule has 0 saturated carbocycles. The minimum absolute atomic E-state index is 0.0708. The predicted molar refractivity (Wildman–Crippen MR) is 67.1 cm³/mol. The lowest BCUT2D eigenvalue weighted by molar-refractivity contribution is 0.0684. The number of aromatic nitrogens is 3. The fourth-order valence-corrected chi connectivity index (χ4v) is 2.22. The van der Waals surface area contributed by atoms with Crippen molar-refractivity contribution < 1.29 is 19.0 Å². The second kappa shape index (κ2) is 4.59. The number of fused-ring (bicyclic) bond motifs is 1. The van der Waals surface area contributed by atoms with E-state index >= 15 is 0 Å². The zero-order valence-electron chi connectivity index (χ0n) is 10.7. The molecule has 20 heavy (non-hydrogen) atoms. The number of aryl methyl sites for hydroxylation is 1. The van der Waals surface area contributed by atoms with Crippen LogP contribution in [0.1, 0.15) is 23.7 Å². The van der Waals surface area contributed by atoms with Crippen LogP contribution < -0.4 is 4.74 Å². The maximum atomic E-state index is 13.8. The Morgan fingerprint density at radius 3 is 3.10 bits per heavy atom. The molecule has 0 bridgehead atoms. The van der Waals surface area contributed by atoms with Gasteiger partial charge in [0.05, 0.1) is 12.3 Å². The fraction of sp³-hybridized carbons (Fsp3) is 0.308. The van der Waals surface area contributed by atoms with Crippen LogP contribution in [0.5, 0.6) is 5.88 Å². The van der Waals surface area contributed by atoms with Gasteiger partial charge >= 0.3 is 5.97 Å². The van der Waals surface area contributed by atoms with E-state index in [-0.39, 0.29) is 28.8 Å². The molecule has 0 spiro atoms. The average molecular weight is 277 g/mol. The first kappa shape index (κ1) is 12.6. The third kappa shape index (κ3) is 1.91. The summed E-state index contributed by atoms with van der Waals surface area (Å²) in [5.41, 5.74) is 0.0682. The Hall–Kier alpha value is -2.44. The average Bonchev–Trinajstić information content (AvgIpc) is 2.77. The normalized spacial score (nSPS) is 17.4. The number of pyridine rings is 1. The molecule has 2 aromatic rings. The molecule has 0 radical (unpaired) electrons. The van der Waals surface area contributed by atoms with Crippen molar-refractivity contribution in [1.82, 2.24) is 14.8 Å². The van der Waals surface area contributed by atoms with Gasteiger partial charge in [0.1, 0.15) is 11.3 Å². The zero-order valence-corrected chi connectivity index (χ0v) is 10.7. The first-order valence-corrected chi connectivity index (χ1v) is 6.18. The van der Waals surface area contributed by atoms with Crippen LogP contribution in [0.15, 0.2) is 18.5 Å². The Morgan fingerprint density at radius 2 is 2.40 bits per heavy atom. The van der Waals surface area contributed by atoms with E-state index in [0.717, 1.165) is 12.6 Å². The first-order valence-electron chi connectivity index (χ1n) is 6.18. The maximum Gasteiger partial charge on any atom is 0.343 e. The van der Waals surface area contributed by atoms with Crippen molar-refractivity contribution in [2.24, 2.45) is 0 Å². The highest BCUT2D eigenvalue weighted by Crippen LogP contribution is 2.34. The van der Waals surface area contributed by atoms with Crippen LogP contribution >= 0.6 is 0 Å². The molecule has 2 aromatic heterocycles. The molecule has 104 valence electrons. The van der Waals surface area contributed by atoms with Gasteiger partial charge in [-0.3, -0.25) is 4.98 Å². The molecule has 0 aliphatic carbocycles. The van der Waals surface area contributed by atoms with Crippen LogP contribution in [0.2, 0.25) is 0 Å². The maximum absolute atomic E-state index is 13.8. The molecule has 0 aromatic carbocycles. The van der Waals surface area contributed by atoms with Crippen LogP contribution in [0, 0.1) is 5.82 Å². The van der Waals surface area contributed by atoms with E-state index in [1.165, 1.54) is 16.9 Å². The van der Waals surface area contributed by atoms with E-state index < -0.39 is 11.8 Å². The number of rotatable bonds is 2. The molecular formula is C13H12FN3O3. The Morgan fingerprint density at radius 1 is 1.60 bits per heavy atom. The quantitative estimate of drug-likeness (QED) is 0.907. The van der Waals surface area contributed by atoms with Gasteiger partial charge in [-0.1, -0.05) is 0 Å². The van der Waals surface area contributed by atoms with E-state index in [9.17, 15) is 14.3 Å². The highest BCUT2D eigenvalue weighted by molar-refractivity contribution is 5.97. The largest absolute Gasteiger partial charge is 0.477 e. The van der Waals surface area contributed by atoms with Crippen molar-refractivity contribution in [2.45, 2.75) is 26.0 Å². The molecule has 1 aliphatic heterocycles. The summed E-state index contributed by atoms with van der Waals surface area (Å²) in [6, 6.07) is 1.40. The van der Waals surface area contributed by atoms with Gasteiger partial charge in [0.2, 0.25) is 5.88 Å². The fourth-order valence-electron chi connectivity index (χ4n) is 2.22.